The summed E-state index contributed by atoms with van der Waals surface area (Å²) in [7, 11) is 0. The lowest BCUT2D eigenvalue weighted by Gasteiger charge is -2.10. The van der Waals surface area contributed by atoms with Crippen LogP contribution < -0.4 is 0 Å². The molecule has 1 heteroatoms. The van der Waals surface area contributed by atoms with Gasteiger partial charge in [-0.2, -0.15) is 0 Å². The maximum atomic E-state index is 9.59. The molecule has 1 aromatic carbocycles. The molecule has 1 nitrogen and oxygen atoms in total. The van der Waals surface area contributed by atoms with Gasteiger partial charge in [-0.3, -0.25) is 0 Å². The molecule has 1 aromatic rings. The van der Waals surface area contributed by atoms with Crippen LogP contribution in [0.1, 0.15) is 62.1 Å². The number of aromatic hydroxyl groups is 1. The third kappa shape index (κ3) is 4.41. The van der Waals surface area contributed by atoms with E-state index < -0.39 is 0 Å². The van der Waals surface area contributed by atoms with Crippen LogP contribution >= 0.6 is 0 Å². The number of phenolic OH excluding ortho intramolecular Hbond substituents is 1. The lowest BCUT2D eigenvalue weighted by molar-refractivity contribution is 0.470. The Hall–Kier alpha value is -0.980. The van der Waals surface area contributed by atoms with Crippen molar-refractivity contribution in [3.63, 3.8) is 0 Å². The summed E-state index contributed by atoms with van der Waals surface area (Å²) in [6, 6.07) is 3.90. The molecule has 0 aromatic heterocycles. The van der Waals surface area contributed by atoms with Crippen molar-refractivity contribution in [1.29, 1.82) is 0 Å². The first-order chi connectivity index (χ1) is 8.16. The summed E-state index contributed by atoms with van der Waals surface area (Å²) in [6.45, 7) is 6.36. The van der Waals surface area contributed by atoms with Gasteiger partial charge in [-0.1, -0.05) is 45.1 Å². The molecule has 1 N–H and O–H groups in total. The summed E-state index contributed by atoms with van der Waals surface area (Å²) in [4.78, 5) is 0. The molecule has 0 fully saturated rings. The van der Waals surface area contributed by atoms with Gasteiger partial charge in [0.15, 0.2) is 0 Å². The summed E-state index contributed by atoms with van der Waals surface area (Å²) in [5.41, 5.74) is 3.70. The molecule has 0 unspecified atom stereocenters. The first-order valence-corrected chi connectivity index (χ1v) is 6.94. The van der Waals surface area contributed by atoms with Gasteiger partial charge in [-0.15, -0.1) is 0 Å². The van der Waals surface area contributed by atoms with Gasteiger partial charge < -0.3 is 5.11 Å². The quantitative estimate of drug-likeness (QED) is 0.664. The van der Waals surface area contributed by atoms with Crippen molar-refractivity contribution in [3.8, 4) is 5.75 Å². The van der Waals surface area contributed by atoms with Crippen molar-refractivity contribution < 1.29 is 5.11 Å². The second kappa shape index (κ2) is 7.37. The molecule has 1 rings (SSSR count). The van der Waals surface area contributed by atoms with E-state index in [0.29, 0.717) is 5.75 Å². The highest BCUT2D eigenvalue weighted by molar-refractivity contribution is 5.42. The van der Waals surface area contributed by atoms with Gasteiger partial charge in [-0.25, -0.2) is 0 Å². The molecule has 0 aliphatic rings. The summed E-state index contributed by atoms with van der Waals surface area (Å²) >= 11 is 0. The standard InChI is InChI=1S/C16H26O/c1-4-5-6-7-8-9-10-15-11-12-16(17)14(3)13(15)2/h11-12,17H,4-10H2,1-3H3. The highest BCUT2D eigenvalue weighted by atomic mass is 16.3. The van der Waals surface area contributed by atoms with Gasteiger partial charge in [0.2, 0.25) is 0 Å². The van der Waals surface area contributed by atoms with Gasteiger partial charge in [-0.05, 0) is 49.4 Å². The fraction of sp³-hybridized carbons (Fsp3) is 0.625. The van der Waals surface area contributed by atoms with Gasteiger partial charge in [0.25, 0.3) is 0 Å². The Kier molecular flexibility index (Phi) is 6.10. The third-order valence-electron chi connectivity index (χ3n) is 3.67. The lowest BCUT2D eigenvalue weighted by atomic mass is 9.97. The smallest absolute Gasteiger partial charge is 0.118 e. The molecule has 0 bridgehead atoms. The average molecular weight is 234 g/mol. The van der Waals surface area contributed by atoms with Crippen LogP contribution in [0.2, 0.25) is 0 Å². The monoisotopic (exact) mass is 234 g/mol. The van der Waals surface area contributed by atoms with Crippen LogP contribution in [0.4, 0.5) is 0 Å². The summed E-state index contributed by atoms with van der Waals surface area (Å²) < 4.78 is 0. The van der Waals surface area contributed by atoms with Crippen molar-refractivity contribution in [2.45, 2.75) is 65.7 Å². The number of benzene rings is 1. The molecule has 0 spiro atoms. The van der Waals surface area contributed by atoms with E-state index in [1.165, 1.54) is 49.7 Å². The van der Waals surface area contributed by atoms with E-state index in [1.807, 2.05) is 13.0 Å². The van der Waals surface area contributed by atoms with Crippen LogP contribution in [-0.2, 0) is 6.42 Å². The topological polar surface area (TPSA) is 20.2 Å². The fourth-order valence-electron chi connectivity index (χ4n) is 2.23. The van der Waals surface area contributed by atoms with Crippen LogP contribution in [0.3, 0.4) is 0 Å². The maximum absolute atomic E-state index is 9.59. The van der Waals surface area contributed by atoms with Crippen LogP contribution in [-0.4, -0.2) is 5.11 Å². The maximum Gasteiger partial charge on any atom is 0.118 e. The molecule has 17 heavy (non-hydrogen) atoms. The zero-order chi connectivity index (χ0) is 12.7. The Morgan fingerprint density at radius 2 is 1.53 bits per heavy atom. The zero-order valence-electron chi connectivity index (χ0n) is 11.6. The highest BCUT2D eigenvalue weighted by Gasteiger charge is 2.04. The van der Waals surface area contributed by atoms with Crippen molar-refractivity contribution in [2.24, 2.45) is 0 Å². The van der Waals surface area contributed by atoms with E-state index in [4.69, 9.17) is 0 Å². The van der Waals surface area contributed by atoms with Crippen LogP contribution in [0, 0.1) is 13.8 Å². The SMILES string of the molecule is CCCCCCCCc1ccc(O)c(C)c1C. The Labute approximate surface area is 106 Å². The van der Waals surface area contributed by atoms with E-state index in [1.54, 1.807) is 0 Å². The second-order valence-electron chi connectivity index (χ2n) is 5.01. The fourth-order valence-corrected chi connectivity index (χ4v) is 2.23. The second-order valence-corrected chi connectivity index (χ2v) is 5.01. The van der Waals surface area contributed by atoms with E-state index in [0.717, 1.165) is 12.0 Å². The Morgan fingerprint density at radius 3 is 2.24 bits per heavy atom. The average Bonchev–Trinajstić information content (AvgIpc) is 2.33. The molecule has 0 aliphatic carbocycles. The first kappa shape index (κ1) is 14.1. The molecular formula is C16H26O. The van der Waals surface area contributed by atoms with Gasteiger partial charge in [0, 0.05) is 0 Å². The van der Waals surface area contributed by atoms with Crippen LogP contribution in [0.15, 0.2) is 12.1 Å². The predicted octanol–water partition coefficient (Wildman–Crippen LogP) is 4.91. The molecular weight excluding hydrogens is 208 g/mol. The molecule has 0 heterocycles. The Morgan fingerprint density at radius 1 is 0.882 bits per heavy atom. The largest absolute Gasteiger partial charge is 0.508 e. The molecule has 0 amide bonds. The zero-order valence-corrected chi connectivity index (χ0v) is 11.6. The molecule has 0 saturated heterocycles. The van der Waals surface area contributed by atoms with E-state index in [2.05, 4.69) is 19.9 Å². The summed E-state index contributed by atoms with van der Waals surface area (Å²) in [5.74, 6) is 0.425. The van der Waals surface area contributed by atoms with E-state index >= 15 is 0 Å². The third-order valence-corrected chi connectivity index (χ3v) is 3.67. The molecule has 0 aliphatic heterocycles. The number of rotatable bonds is 7. The van der Waals surface area contributed by atoms with Crippen LogP contribution in [0.5, 0.6) is 5.75 Å². The van der Waals surface area contributed by atoms with Crippen molar-refractivity contribution in [3.05, 3.63) is 28.8 Å². The van der Waals surface area contributed by atoms with Crippen molar-refractivity contribution in [2.75, 3.05) is 0 Å². The minimum atomic E-state index is 0.425. The van der Waals surface area contributed by atoms with Gasteiger partial charge in [0.1, 0.15) is 5.75 Å². The van der Waals surface area contributed by atoms with Crippen LogP contribution in [0.25, 0.3) is 0 Å². The Balaban J connectivity index is 2.35. The van der Waals surface area contributed by atoms with Crippen molar-refractivity contribution >= 4 is 0 Å². The number of hydrogen-bond donors (Lipinski definition) is 1. The Bertz CT molecular complexity index is 342. The van der Waals surface area contributed by atoms with E-state index in [9.17, 15) is 5.11 Å². The minimum Gasteiger partial charge on any atom is -0.508 e. The van der Waals surface area contributed by atoms with E-state index in [-0.39, 0.29) is 0 Å². The number of phenols is 1. The number of hydrogen-bond acceptors (Lipinski definition) is 1. The minimum absolute atomic E-state index is 0.425. The number of aryl methyl sites for hydroxylation is 1. The highest BCUT2D eigenvalue weighted by Crippen LogP contribution is 2.24. The normalized spacial score (nSPS) is 10.8. The number of unbranched alkanes of at least 4 members (excludes halogenated alkanes) is 5. The predicted molar refractivity (Wildman–Crippen MR) is 74.7 cm³/mol. The van der Waals surface area contributed by atoms with Crippen molar-refractivity contribution in [1.82, 2.24) is 0 Å². The molecule has 0 saturated carbocycles. The first-order valence-electron chi connectivity index (χ1n) is 6.94. The van der Waals surface area contributed by atoms with Gasteiger partial charge >= 0.3 is 0 Å². The summed E-state index contributed by atoms with van der Waals surface area (Å²) in [6.07, 6.45) is 9.19. The summed E-state index contributed by atoms with van der Waals surface area (Å²) in [5, 5.41) is 9.59. The lowest BCUT2D eigenvalue weighted by Crippen LogP contribution is -1.93. The van der Waals surface area contributed by atoms with Gasteiger partial charge in [0.05, 0.1) is 0 Å². The molecule has 96 valence electrons. The molecule has 0 atom stereocenters. The molecule has 0 radical (unpaired) electrons.